The van der Waals surface area contributed by atoms with Gasteiger partial charge in [-0.3, -0.25) is 4.79 Å². The molecule has 0 saturated heterocycles. The SMILES string of the molecule is COC(=O)C=C1SC(N=Nc2c(O)n3c4c(cc(Cl)cc24)C(C)(c2ccccc2)CC3(C)C)=NC1=O. The third-order valence-corrected chi connectivity index (χ3v) is 7.75. The van der Waals surface area contributed by atoms with Crippen LogP contribution in [-0.2, 0) is 25.3 Å². The van der Waals surface area contributed by atoms with E-state index >= 15 is 0 Å². The van der Waals surface area contributed by atoms with Gasteiger partial charge in [0.05, 0.1) is 17.5 Å². The fourth-order valence-corrected chi connectivity index (χ4v) is 6.18. The van der Waals surface area contributed by atoms with Crippen LogP contribution in [0.3, 0.4) is 0 Å². The van der Waals surface area contributed by atoms with Gasteiger partial charge in [0.25, 0.3) is 5.91 Å². The van der Waals surface area contributed by atoms with Gasteiger partial charge < -0.3 is 14.4 Å². The van der Waals surface area contributed by atoms with Crippen LogP contribution in [0, 0.1) is 0 Å². The van der Waals surface area contributed by atoms with Crippen molar-refractivity contribution in [3.8, 4) is 5.88 Å². The number of hydrogen-bond acceptors (Lipinski definition) is 7. The topological polar surface area (TPSA) is 106 Å². The number of azo groups is 1. The second-order valence-corrected chi connectivity index (χ2v) is 11.0. The zero-order chi connectivity index (χ0) is 25.8. The van der Waals surface area contributed by atoms with Crippen LogP contribution in [0.4, 0.5) is 5.69 Å². The van der Waals surface area contributed by atoms with Crippen LogP contribution >= 0.6 is 23.4 Å². The molecule has 0 saturated carbocycles. The number of aromatic nitrogens is 1. The number of amidine groups is 1. The molecule has 2 aromatic carbocycles. The first-order valence-corrected chi connectivity index (χ1v) is 12.4. The maximum Gasteiger partial charge on any atom is 0.331 e. The van der Waals surface area contributed by atoms with E-state index in [0.29, 0.717) is 16.8 Å². The summed E-state index contributed by atoms with van der Waals surface area (Å²) in [6.07, 6.45) is 1.77. The monoisotopic (exact) mass is 522 g/mol. The minimum Gasteiger partial charge on any atom is -0.493 e. The minimum absolute atomic E-state index is 0.0439. The molecule has 0 radical (unpaired) electrons. The summed E-state index contributed by atoms with van der Waals surface area (Å²) in [6, 6.07) is 13.9. The van der Waals surface area contributed by atoms with Gasteiger partial charge in [-0.2, -0.15) is 4.99 Å². The van der Waals surface area contributed by atoms with Crippen LogP contribution in [0.1, 0.15) is 38.3 Å². The minimum atomic E-state index is -0.663. The Morgan fingerprint density at radius 1 is 1.22 bits per heavy atom. The van der Waals surface area contributed by atoms with Crippen molar-refractivity contribution in [2.24, 2.45) is 15.2 Å². The number of aromatic hydroxyl groups is 1. The molecule has 2 aliphatic rings. The van der Waals surface area contributed by atoms with Crippen molar-refractivity contribution >= 4 is 57.0 Å². The first kappa shape index (κ1) is 24.3. The largest absolute Gasteiger partial charge is 0.493 e. The molecule has 1 aromatic heterocycles. The molecule has 3 aromatic rings. The van der Waals surface area contributed by atoms with Crippen LogP contribution in [0.15, 0.2) is 68.7 Å². The van der Waals surface area contributed by atoms with E-state index in [9.17, 15) is 14.7 Å². The van der Waals surface area contributed by atoms with E-state index in [-0.39, 0.29) is 27.1 Å². The lowest BCUT2D eigenvalue weighted by atomic mass is 9.66. The van der Waals surface area contributed by atoms with E-state index in [4.69, 9.17) is 11.6 Å². The number of hydrogen-bond donors (Lipinski definition) is 1. The number of carbonyl (C=O) groups is 2. The van der Waals surface area contributed by atoms with Crippen molar-refractivity contribution in [2.45, 2.75) is 38.1 Å². The fourth-order valence-electron chi connectivity index (χ4n) is 5.26. The average molecular weight is 523 g/mol. The van der Waals surface area contributed by atoms with Crippen LogP contribution in [-0.4, -0.2) is 33.8 Å². The van der Waals surface area contributed by atoms with Crippen molar-refractivity contribution in [1.29, 1.82) is 0 Å². The lowest BCUT2D eigenvalue weighted by Gasteiger charge is -2.45. The van der Waals surface area contributed by atoms with Crippen molar-refractivity contribution in [3.63, 3.8) is 0 Å². The van der Waals surface area contributed by atoms with Crippen LogP contribution < -0.4 is 0 Å². The van der Waals surface area contributed by atoms with Crippen molar-refractivity contribution in [3.05, 3.63) is 69.6 Å². The van der Waals surface area contributed by atoms with Crippen molar-refractivity contribution < 1.29 is 19.4 Å². The summed E-state index contributed by atoms with van der Waals surface area (Å²) >= 11 is 7.49. The average Bonchev–Trinajstić information content (AvgIpc) is 3.32. The predicted octanol–water partition coefficient (Wildman–Crippen LogP) is 6.22. The van der Waals surface area contributed by atoms with Gasteiger partial charge in [0.2, 0.25) is 11.0 Å². The number of methoxy groups -OCH3 is 1. The van der Waals surface area contributed by atoms with Gasteiger partial charge >= 0.3 is 5.97 Å². The van der Waals surface area contributed by atoms with Gasteiger partial charge in [-0.15, -0.1) is 10.2 Å². The Morgan fingerprint density at radius 3 is 2.64 bits per heavy atom. The van der Waals surface area contributed by atoms with Crippen molar-refractivity contribution in [2.75, 3.05) is 7.11 Å². The van der Waals surface area contributed by atoms with Crippen LogP contribution in [0.2, 0.25) is 5.02 Å². The summed E-state index contributed by atoms with van der Waals surface area (Å²) < 4.78 is 6.45. The summed E-state index contributed by atoms with van der Waals surface area (Å²) in [6.45, 7) is 6.34. The molecule has 0 aliphatic carbocycles. The summed E-state index contributed by atoms with van der Waals surface area (Å²) in [5, 5.41) is 21.0. The number of ether oxygens (including phenoxy) is 1. The van der Waals surface area contributed by atoms with E-state index < -0.39 is 17.4 Å². The molecule has 2 aliphatic heterocycles. The number of aliphatic imine (C=N–C) groups is 1. The maximum absolute atomic E-state index is 12.1. The summed E-state index contributed by atoms with van der Waals surface area (Å²) in [5.74, 6) is -1.31. The van der Waals surface area contributed by atoms with Gasteiger partial charge in [-0.05, 0) is 55.3 Å². The first-order chi connectivity index (χ1) is 17.0. The quantitative estimate of drug-likeness (QED) is 0.250. The number of halogens is 1. The molecular formula is C26H23ClN4O4S. The number of benzene rings is 2. The maximum atomic E-state index is 12.1. The summed E-state index contributed by atoms with van der Waals surface area (Å²) in [5.41, 5.74) is 2.37. The molecular weight excluding hydrogens is 500 g/mol. The fraction of sp³-hybridized carbons (Fsp3) is 0.269. The number of amides is 1. The standard InChI is InChI=1S/C26H23ClN4O4S/c1-25(2)13-26(3,14-8-6-5-7-9-14)17-11-15(27)10-16-20(23(34)31(25)21(16)17)29-30-24-28-22(33)18(36-24)12-19(32)35-4/h5-12,34H,13H2,1-4H3. The number of thioether (sulfide) groups is 1. The number of nitrogens with zero attached hydrogens (tertiary/aromatic N) is 4. The van der Waals surface area contributed by atoms with E-state index in [0.717, 1.165) is 34.5 Å². The summed E-state index contributed by atoms with van der Waals surface area (Å²) in [4.78, 5) is 27.5. The third-order valence-electron chi connectivity index (χ3n) is 6.67. The predicted molar refractivity (Wildman–Crippen MR) is 140 cm³/mol. The number of carbonyl (C=O) groups excluding carboxylic acids is 2. The highest BCUT2D eigenvalue weighted by Gasteiger charge is 2.45. The van der Waals surface area contributed by atoms with Gasteiger partial charge in [-0.25, -0.2) is 4.79 Å². The zero-order valence-corrected chi connectivity index (χ0v) is 21.6. The molecule has 0 bridgehead atoms. The van der Waals surface area contributed by atoms with Gasteiger partial charge in [-0.1, -0.05) is 48.9 Å². The smallest absolute Gasteiger partial charge is 0.331 e. The van der Waals surface area contributed by atoms with Crippen molar-refractivity contribution in [1.82, 2.24) is 4.57 Å². The summed E-state index contributed by atoms with van der Waals surface area (Å²) in [7, 11) is 1.22. The van der Waals surface area contributed by atoms with Gasteiger partial charge in [0.15, 0.2) is 5.69 Å². The molecule has 1 amide bonds. The molecule has 10 heteroatoms. The second-order valence-electron chi connectivity index (χ2n) is 9.58. The van der Waals surface area contributed by atoms with E-state index in [2.05, 4.69) is 52.9 Å². The van der Waals surface area contributed by atoms with E-state index in [1.165, 1.54) is 7.11 Å². The van der Waals surface area contributed by atoms with Crippen LogP contribution in [0.5, 0.6) is 5.88 Å². The lowest BCUT2D eigenvalue weighted by molar-refractivity contribution is -0.135. The highest BCUT2D eigenvalue weighted by Crippen LogP contribution is 2.55. The Morgan fingerprint density at radius 2 is 1.94 bits per heavy atom. The highest BCUT2D eigenvalue weighted by atomic mass is 35.5. The molecule has 0 spiro atoms. The Hall–Kier alpha value is -3.43. The molecule has 5 rings (SSSR count). The van der Waals surface area contributed by atoms with E-state index in [1.54, 1.807) is 6.07 Å². The molecule has 36 heavy (non-hydrogen) atoms. The number of esters is 1. The molecule has 8 nitrogen and oxygen atoms in total. The second kappa shape index (κ2) is 8.60. The third kappa shape index (κ3) is 3.83. The van der Waals surface area contributed by atoms with Gasteiger partial charge in [0, 0.05) is 27.4 Å². The van der Waals surface area contributed by atoms with E-state index in [1.807, 2.05) is 28.8 Å². The normalized spacial score (nSPS) is 22.0. The Bertz CT molecular complexity index is 1520. The Balaban J connectivity index is 1.66. The molecule has 184 valence electrons. The molecule has 3 heterocycles. The Kier molecular flexibility index (Phi) is 5.80. The molecule has 0 fully saturated rings. The Labute approximate surface area is 216 Å². The first-order valence-electron chi connectivity index (χ1n) is 11.2. The molecule has 1 atom stereocenters. The lowest BCUT2D eigenvalue weighted by Crippen LogP contribution is -2.41. The molecule has 1 unspecified atom stereocenters. The zero-order valence-electron chi connectivity index (χ0n) is 20.1. The molecule has 1 N–H and O–H groups in total. The highest BCUT2D eigenvalue weighted by molar-refractivity contribution is 8.18. The van der Waals surface area contributed by atoms with Gasteiger partial charge in [0.1, 0.15) is 0 Å². The number of rotatable bonds is 3. The van der Waals surface area contributed by atoms with Crippen LogP contribution in [0.25, 0.3) is 10.9 Å².